The van der Waals surface area contributed by atoms with Crippen LogP contribution in [0.4, 0.5) is 4.39 Å². The molecule has 1 N–H and O–H groups in total. The maximum Gasteiger partial charge on any atom is 0.222 e. The number of halogens is 1. The van der Waals surface area contributed by atoms with E-state index in [2.05, 4.69) is 4.98 Å². The number of aryl methyl sites for hydroxylation is 2. The summed E-state index contributed by atoms with van der Waals surface area (Å²) in [6.45, 7) is 3.65. The van der Waals surface area contributed by atoms with E-state index in [1.54, 1.807) is 55.6 Å². The highest BCUT2D eigenvalue weighted by Crippen LogP contribution is 2.34. The van der Waals surface area contributed by atoms with E-state index in [9.17, 15) is 12.8 Å². The maximum absolute atomic E-state index is 14.1. The van der Waals surface area contributed by atoms with Gasteiger partial charge in [0, 0.05) is 17.3 Å². The summed E-state index contributed by atoms with van der Waals surface area (Å²) >= 11 is 0. The fourth-order valence-electron chi connectivity index (χ4n) is 2.54. The van der Waals surface area contributed by atoms with Gasteiger partial charge < -0.3 is 4.98 Å². The first-order chi connectivity index (χ1) is 10.9. The van der Waals surface area contributed by atoms with E-state index in [0.29, 0.717) is 11.1 Å². The van der Waals surface area contributed by atoms with Gasteiger partial charge in [0.25, 0.3) is 0 Å². The molecule has 0 aliphatic rings. The average molecular weight is 329 g/mol. The average Bonchev–Trinajstić information content (AvgIpc) is 2.90. The molecule has 0 saturated heterocycles. The van der Waals surface area contributed by atoms with E-state index in [1.165, 1.54) is 6.07 Å². The molecule has 3 rings (SSSR count). The molecule has 0 radical (unpaired) electrons. The lowest BCUT2D eigenvalue weighted by Crippen LogP contribution is -2.04. The largest absolute Gasteiger partial charge is 0.351 e. The minimum absolute atomic E-state index is 0.0175. The van der Waals surface area contributed by atoms with Crippen LogP contribution in [-0.2, 0) is 9.84 Å². The van der Waals surface area contributed by atoms with Crippen LogP contribution in [0.1, 0.15) is 11.1 Å². The molecule has 3 nitrogen and oxygen atoms in total. The highest BCUT2D eigenvalue weighted by molar-refractivity contribution is 7.91. The number of aromatic nitrogens is 1. The molecule has 1 aromatic heterocycles. The van der Waals surface area contributed by atoms with Gasteiger partial charge >= 0.3 is 0 Å². The van der Waals surface area contributed by atoms with E-state index >= 15 is 0 Å². The minimum Gasteiger partial charge on any atom is -0.351 e. The van der Waals surface area contributed by atoms with E-state index in [0.717, 1.165) is 5.56 Å². The van der Waals surface area contributed by atoms with Crippen molar-refractivity contribution in [3.63, 3.8) is 0 Å². The Morgan fingerprint density at radius 1 is 0.957 bits per heavy atom. The van der Waals surface area contributed by atoms with Gasteiger partial charge in [-0.3, -0.25) is 0 Å². The highest BCUT2D eigenvalue weighted by atomic mass is 32.2. The summed E-state index contributed by atoms with van der Waals surface area (Å²) < 4.78 is 40.0. The van der Waals surface area contributed by atoms with Gasteiger partial charge in [-0.05, 0) is 37.6 Å². The van der Waals surface area contributed by atoms with Crippen LogP contribution in [0.5, 0.6) is 0 Å². The SMILES string of the molecule is Cc1ccc(S(=O)(=O)c2[nH]cc(C)c2-c2ccccc2F)cc1. The molecule has 0 unspecified atom stereocenters. The van der Waals surface area contributed by atoms with Gasteiger partial charge in [0.2, 0.25) is 9.84 Å². The molecular weight excluding hydrogens is 313 g/mol. The van der Waals surface area contributed by atoms with Crippen LogP contribution in [-0.4, -0.2) is 13.4 Å². The van der Waals surface area contributed by atoms with Crippen molar-refractivity contribution in [1.82, 2.24) is 4.98 Å². The molecular formula is C18H16FNO2S. The molecule has 23 heavy (non-hydrogen) atoms. The lowest BCUT2D eigenvalue weighted by Gasteiger charge is -2.09. The molecule has 5 heteroatoms. The Kier molecular flexibility index (Phi) is 3.82. The van der Waals surface area contributed by atoms with Crippen LogP contribution in [0.2, 0.25) is 0 Å². The lowest BCUT2D eigenvalue weighted by molar-refractivity contribution is 0.593. The third-order valence-electron chi connectivity index (χ3n) is 3.78. The Morgan fingerprint density at radius 2 is 1.61 bits per heavy atom. The standard InChI is InChI=1S/C18H16FNO2S/c1-12-7-9-14(10-8-12)23(21,22)18-17(13(2)11-20-18)15-5-3-4-6-16(15)19/h3-11,20H,1-2H3. The summed E-state index contributed by atoms with van der Waals surface area (Å²) in [5.74, 6) is -0.449. The van der Waals surface area contributed by atoms with Crippen LogP contribution < -0.4 is 0 Å². The molecule has 0 aliphatic carbocycles. The van der Waals surface area contributed by atoms with Crippen molar-refractivity contribution >= 4 is 9.84 Å². The van der Waals surface area contributed by atoms with Crippen molar-refractivity contribution in [2.45, 2.75) is 23.8 Å². The first-order valence-corrected chi connectivity index (χ1v) is 8.64. The van der Waals surface area contributed by atoms with E-state index in [-0.39, 0.29) is 15.5 Å². The predicted octanol–water partition coefficient (Wildman–Crippen LogP) is 4.27. The van der Waals surface area contributed by atoms with Gasteiger partial charge in [0.1, 0.15) is 10.8 Å². The molecule has 0 atom stereocenters. The second-order valence-corrected chi connectivity index (χ2v) is 7.36. The van der Waals surface area contributed by atoms with Crippen LogP contribution in [0.25, 0.3) is 11.1 Å². The van der Waals surface area contributed by atoms with E-state index < -0.39 is 15.7 Å². The van der Waals surface area contributed by atoms with Crippen LogP contribution in [0.3, 0.4) is 0 Å². The molecule has 0 spiro atoms. The monoisotopic (exact) mass is 329 g/mol. The summed E-state index contributed by atoms with van der Waals surface area (Å²) in [4.78, 5) is 2.98. The van der Waals surface area contributed by atoms with Crippen molar-refractivity contribution in [1.29, 1.82) is 0 Å². The van der Waals surface area contributed by atoms with Gasteiger partial charge in [0.05, 0.1) is 4.90 Å². The third-order valence-corrected chi connectivity index (χ3v) is 5.54. The predicted molar refractivity (Wildman–Crippen MR) is 87.6 cm³/mol. The number of hydrogen-bond donors (Lipinski definition) is 1. The molecule has 0 saturated carbocycles. The fourth-order valence-corrected chi connectivity index (χ4v) is 4.03. The highest BCUT2D eigenvalue weighted by Gasteiger charge is 2.26. The molecule has 0 aliphatic heterocycles. The first kappa shape index (κ1) is 15.5. The summed E-state index contributed by atoms with van der Waals surface area (Å²) in [5.41, 5.74) is 2.31. The molecule has 3 aromatic rings. The quantitative estimate of drug-likeness (QED) is 0.780. The van der Waals surface area contributed by atoms with Crippen molar-refractivity contribution in [2.75, 3.05) is 0 Å². The summed E-state index contributed by atoms with van der Waals surface area (Å²) in [6, 6.07) is 12.8. The van der Waals surface area contributed by atoms with Crippen LogP contribution in [0, 0.1) is 19.7 Å². The Labute approximate surface area is 134 Å². The summed E-state index contributed by atoms with van der Waals surface area (Å²) in [5, 5.41) is 0.0175. The van der Waals surface area contributed by atoms with E-state index in [1.807, 2.05) is 6.92 Å². The number of rotatable bonds is 3. The first-order valence-electron chi connectivity index (χ1n) is 7.16. The van der Waals surface area contributed by atoms with Crippen molar-refractivity contribution in [3.05, 3.63) is 71.7 Å². The number of aromatic amines is 1. The zero-order valence-electron chi connectivity index (χ0n) is 12.8. The minimum atomic E-state index is -3.75. The van der Waals surface area contributed by atoms with Gasteiger partial charge in [-0.2, -0.15) is 0 Å². The molecule has 1 heterocycles. The van der Waals surface area contributed by atoms with Gasteiger partial charge in [0.15, 0.2) is 0 Å². The molecule has 2 aromatic carbocycles. The second kappa shape index (κ2) is 5.66. The Bertz CT molecular complexity index is 957. The zero-order valence-corrected chi connectivity index (χ0v) is 13.6. The van der Waals surface area contributed by atoms with Crippen molar-refractivity contribution in [3.8, 4) is 11.1 Å². The Hall–Kier alpha value is -2.40. The van der Waals surface area contributed by atoms with Crippen LogP contribution in [0.15, 0.2) is 64.6 Å². The van der Waals surface area contributed by atoms with Gasteiger partial charge in [-0.15, -0.1) is 0 Å². The molecule has 0 fully saturated rings. The lowest BCUT2D eigenvalue weighted by atomic mass is 10.1. The topological polar surface area (TPSA) is 49.9 Å². The fraction of sp³-hybridized carbons (Fsp3) is 0.111. The second-order valence-electron chi connectivity index (χ2n) is 5.47. The number of nitrogens with one attached hydrogen (secondary N) is 1. The van der Waals surface area contributed by atoms with Crippen LogP contribution >= 0.6 is 0 Å². The number of sulfone groups is 1. The summed E-state index contributed by atoms with van der Waals surface area (Å²) in [7, 11) is -3.75. The van der Waals surface area contributed by atoms with E-state index in [4.69, 9.17) is 0 Å². The normalized spacial score (nSPS) is 11.6. The van der Waals surface area contributed by atoms with Gasteiger partial charge in [-0.1, -0.05) is 35.9 Å². The third kappa shape index (κ3) is 2.68. The number of benzene rings is 2. The van der Waals surface area contributed by atoms with Crippen molar-refractivity contribution in [2.24, 2.45) is 0 Å². The molecule has 0 amide bonds. The summed E-state index contributed by atoms with van der Waals surface area (Å²) in [6.07, 6.45) is 1.59. The molecule has 118 valence electrons. The van der Waals surface area contributed by atoms with Gasteiger partial charge in [-0.25, -0.2) is 12.8 Å². The smallest absolute Gasteiger partial charge is 0.222 e. The Balaban J connectivity index is 2.23. The molecule has 0 bridgehead atoms. The number of hydrogen-bond acceptors (Lipinski definition) is 2. The Morgan fingerprint density at radius 3 is 2.26 bits per heavy atom. The van der Waals surface area contributed by atoms with Crippen molar-refractivity contribution < 1.29 is 12.8 Å². The maximum atomic E-state index is 14.1. The number of H-pyrrole nitrogens is 1. The zero-order chi connectivity index (χ0) is 16.6.